The number of pyridine rings is 1. The van der Waals surface area contributed by atoms with Crippen LogP contribution in [0.4, 0.5) is 0 Å². The minimum atomic E-state index is 0.00352. The van der Waals surface area contributed by atoms with Gasteiger partial charge in [0.1, 0.15) is 0 Å². The van der Waals surface area contributed by atoms with Gasteiger partial charge in [-0.15, -0.1) is 0 Å². The lowest BCUT2D eigenvalue weighted by molar-refractivity contribution is 0.758. The van der Waals surface area contributed by atoms with Gasteiger partial charge in [-0.25, -0.2) is 0 Å². The first-order chi connectivity index (χ1) is 13.6. The van der Waals surface area contributed by atoms with Crippen molar-refractivity contribution < 1.29 is 0 Å². The summed E-state index contributed by atoms with van der Waals surface area (Å²) in [6.07, 6.45) is 1.80. The van der Waals surface area contributed by atoms with E-state index in [2.05, 4.69) is 27.8 Å². The van der Waals surface area contributed by atoms with Crippen molar-refractivity contribution in [1.82, 2.24) is 15.2 Å². The van der Waals surface area contributed by atoms with E-state index in [-0.39, 0.29) is 5.56 Å². The van der Waals surface area contributed by atoms with Gasteiger partial charge in [-0.05, 0) is 34.9 Å². The Hall–Kier alpha value is -3.05. The lowest BCUT2D eigenvalue weighted by atomic mass is 10.1. The molecule has 1 aromatic heterocycles. The fourth-order valence-electron chi connectivity index (χ4n) is 2.74. The molecule has 6 heteroatoms. The Morgan fingerprint density at radius 2 is 1.46 bits per heavy atom. The van der Waals surface area contributed by atoms with Gasteiger partial charge in [-0.3, -0.25) is 9.79 Å². The smallest absolute Gasteiger partial charge is 0.250 e. The van der Waals surface area contributed by atoms with Crippen LogP contribution in [0.3, 0.4) is 0 Å². The third-order valence-corrected chi connectivity index (χ3v) is 4.58. The van der Waals surface area contributed by atoms with Crippen molar-refractivity contribution in [1.29, 1.82) is 0 Å². The maximum Gasteiger partial charge on any atom is 0.250 e. The fourth-order valence-corrected chi connectivity index (χ4v) is 2.87. The van der Waals surface area contributed by atoms with Crippen LogP contribution in [0.2, 0.25) is 5.02 Å². The number of aromatic nitrogens is 1. The molecule has 5 nitrogen and oxygen atoms in total. The van der Waals surface area contributed by atoms with Crippen molar-refractivity contribution >= 4 is 17.6 Å². The quantitative estimate of drug-likeness (QED) is 0.497. The maximum atomic E-state index is 11.8. The van der Waals surface area contributed by atoms with Crippen molar-refractivity contribution in [2.24, 2.45) is 4.99 Å². The third kappa shape index (κ3) is 5.72. The third-order valence-electron chi connectivity index (χ3n) is 4.33. The van der Waals surface area contributed by atoms with Crippen molar-refractivity contribution in [2.45, 2.75) is 19.6 Å². The number of rotatable bonds is 6. The van der Waals surface area contributed by atoms with Gasteiger partial charge in [0, 0.05) is 37.4 Å². The molecule has 1 heterocycles. The molecular weight excluding hydrogens is 372 g/mol. The Morgan fingerprint density at radius 1 is 0.893 bits per heavy atom. The van der Waals surface area contributed by atoms with Gasteiger partial charge < -0.3 is 15.2 Å². The second-order valence-corrected chi connectivity index (χ2v) is 6.83. The van der Waals surface area contributed by atoms with Gasteiger partial charge >= 0.3 is 0 Å². The predicted molar refractivity (Wildman–Crippen MR) is 115 cm³/mol. The van der Waals surface area contributed by atoms with E-state index in [9.17, 15) is 4.79 Å². The molecule has 0 aliphatic heterocycles. The minimum absolute atomic E-state index is 0.00352. The van der Waals surface area contributed by atoms with E-state index >= 15 is 0 Å². The van der Waals surface area contributed by atoms with Crippen LogP contribution in [0.15, 0.2) is 82.7 Å². The number of hydrogen-bond donors (Lipinski definition) is 2. The molecule has 0 amide bonds. The molecule has 3 rings (SSSR count). The van der Waals surface area contributed by atoms with E-state index in [1.807, 2.05) is 42.5 Å². The largest absolute Gasteiger partial charge is 0.352 e. The molecule has 0 spiro atoms. The van der Waals surface area contributed by atoms with Crippen molar-refractivity contribution in [3.63, 3.8) is 0 Å². The molecular formula is C22H23ClN4O. The van der Waals surface area contributed by atoms with Gasteiger partial charge in [0.2, 0.25) is 0 Å². The molecule has 0 bridgehead atoms. The first-order valence-corrected chi connectivity index (χ1v) is 9.44. The molecule has 0 atom stereocenters. The number of guanidine groups is 1. The minimum Gasteiger partial charge on any atom is -0.352 e. The van der Waals surface area contributed by atoms with Crippen molar-refractivity contribution in [3.05, 3.63) is 105 Å². The second kappa shape index (κ2) is 9.76. The molecule has 2 N–H and O–H groups in total. The predicted octanol–water partition coefficient (Wildman–Crippen LogP) is 3.42. The number of benzene rings is 2. The highest BCUT2D eigenvalue weighted by Gasteiger charge is 2.01. The van der Waals surface area contributed by atoms with E-state index in [4.69, 9.17) is 11.6 Å². The van der Waals surface area contributed by atoms with Crippen LogP contribution in [0.25, 0.3) is 0 Å². The highest BCUT2D eigenvalue weighted by atomic mass is 35.5. The summed E-state index contributed by atoms with van der Waals surface area (Å²) in [5, 5.41) is 7.32. The molecule has 0 aliphatic rings. The summed E-state index contributed by atoms with van der Waals surface area (Å²) in [5.41, 5.74) is 3.36. The average Bonchev–Trinajstić information content (AvgIpc) is 2.72. The van der Waals surface area contributed by atoms with Crippen LogP contribution < -0.4 is 16.2 Å². The van der Waals surface area contributed by atoms with Gasteiger partial charge in [0.15, 0.2) is 5.96 Å². The zero-order valence-electron chi connectivity index (χ0n) is 15.7. The van der Waals surface area contributed by atoms with E-state index in [1.54, 1.807) is 29.9 Å². The van der Waals surface area contributed by atoms with Gasteiger partial charge in [0.25, 0.3) is 5.56 Å². The molecule has 2 aromatic carbocycles. The molecule has 0 radical (unpaired) electrons. The molecule has 0 saturated carbocycles. The summed E-state index contributed by atoms with van der Waals surface area (Å²) in [4.78, 5) is 16.1. The van der Waals surface area contributed by atoms with Crippen LogP contribution in [0.5, 0.6) is 0 Å². The number of aliphatic imine (C=N–C) groups is 1. The summed E-state index contributed by atoms with van der Waals surface area (Å²) in [6, 6.07) is 21.1. The number of nitrogens with zero attached hydrogens (tertiary/aromatic N) is 2. The highest BCUT2D eigenvalue weighted by molar-refractivity contribution is 6.30. The van der Waals surface area contributed by atoms with Crippen LogP contribution >= 0.6 is 11.6 Å². The summed E-state index contributed by atoms with van der Waals surface area (Å²) < 4.78 is 1.69. The first kappa shape index (κ1) is 19.7. The highest BCUT2D eigenvalue weighted by Crippen LogP contribution is 2.09. The van der Waals surface area contributed by atoms with E-state index in [0.717, 1.165) is 27.7 Å². The van der Waals surface area contributed by atoms with Crippen LogP contribution in [0, 0.1) is 0 Å². The number of halogens is 1. The molecule has 0 fully saturated rings. The molecule has 0 aliphatic carbocycles. The zero-order chi connectivity index (χ0) is 19.8. The first-order valence-electron chi connectivity index (χ1n) is 9.06. The molecule has 0 unspecified atom stereocenters. The Bertz CT molecular complexity index is 978. The normalized spacial score (nSPS) is 11.3. The van der Waals surface area contributed by atoms with Crippen molar-refractivity contribution in [2.75, 3.05) is 7.05 Å². The molecule has 28 heavy (non-hydrogen) atoms. The Kier molecular flexibility index (Phi) is 6.87. The summed E-state index contributed by atoms with van der Waals surface area (Å²) in [7, 11) is 1.75. The summed E-state index contributed by atoms with van der Waals surface area (Å²) in [5.74, 6) is 0.731. The van der Waals surface area contributed by atoms with E-state index in [1.165, 1.54) is 0 Å². The Balaban J connectivity index is 1.51. The maximum absolute atomic E-state index is 11.8. The Morgan fingerprint density at radius 3 is 2.04 bits per heavy atom. The van der Waals surface area contributed by atoms with Gasteiger partial charge in [0.05, 0.1) is 6.54 Å². The fraction of sp³-hybridized carbons (Fsp3) is 0.182. The zero-order valence-corrected chi connectivity index (χ0v) is 16.5. The lowest BCUT2D eigenvalue weighted by Gasteiger charge is -2.12. The van der Waals surface area contributed by atoms with Crippen LogP contribution in [-0.2, 0) is 19.6 Å². The second-order valence-electron chi connectivity index (χ2n) is 6.39. The van der Waals surface area contributed by atoms with Crippen LogP contribution in [-0.4, -0.2) is 17.6 Å². The SMILES string of the molecule is CN=C(NCc1ccc(Cl)cc1)NCc1ccc(Cn2ccccc2=O)cc1. The van der Waals surface area contributed by atoms with Gasteiger partial charge in [-0.1, -0.05) is 54.1 Å². The monoisotopic (exact) mass is 394 g/mol. The van der Waals surface area contributed by atoms with Gasteiger partial charge in [-0.2, -0.15) is 0 Å². The van der Waals surface area contributed by atoms with Crippen LogP contribution in [0.1, 0.15) is 16.7 Å². The molecule has 0 saturated heterocycles. The molecule has 3 aromatic rings. The Labute approximate surface area is 169 Å². The topological polar surface area (TPSA) is 58.4 Å². The van der Waals surface area contributed by atoms with E-state index < -0.39 is 0 Å². The summed E-state index contributed by atoms with van der Waals surface area (Å²) in [6.45, 7) is 1.89. The molecule has 144 valence electrons. The average molecular weight is 395 g/mol. The van der Waals surface area contributed by atoms with Crippen molar-refractivity contribution in [3.8, 4) is 0 Å². The summed E-state index contributed by atoms with van der Waals surface area (Å²) >= 11 is 5.91. The number of nitrogens with one attached hydrogen (secondary N) is 2. The lowest BCUT2D eigenvalue weighted by Crippen LogP contribution is -2.36. The number of hydrogen-bond acceptors (Lipinski definition) is 2. The van der Waals surface area contributed by atoms with E-state index in [0.29, 0.717) is 19.6 Å². The standard InChI is InChI=1S/C22H23ClN4O/c1-24-22(26-15-18-9-11-20(23)12-10-18)25-14-17-5-7-19(8-6-17)16-27-13-3-2-4-21(27)28/h2-13H,14-16H2,1H3,(H2,24,25,26).